The molecule has 1 aliphatic heterocycles. The number of methoxy groups -OCH3 is 1. The number of ketones is 1. The van der Waals surface area contributed by atoms with Crippen LogP contribution in [0.3, 0.4) is 0 Å². The number of rotatable bonds is 6. The Morgan fingerprint density at radius 2 is 1.48 bits per heavy atom. The minimum atomic E-state index is -1.06. The van der Waals surface area contributed by atoms with Gasteiger partial charge in [-0.05, 0) is 42.5 Å². The van der Waals surface area contributed by atoms with Crippen molar-refractivity contribution in [3.8, 4) is 46.0 Å². The predicted octanol–water partition coefficient (Wildman–Crippen LogP) is 5.50. The van der Waals surface area contributed by atoms with E-state index in [1.807, 2.05) is 18.2 Å². The Balaban J connectivity index is 0.000000197. The molecule has 0 saturated carbocycles. The zero-order chi connectivity index (χ0) is 38.7. The van der Waals surface area contributed by atoms with Crippen LogP contribution in [0.1, 0.15) is 43.5 Å². The molecule has 5 aromatic carbocycles. The zero-order valence-corrected chi connectivity index (χ0v) is 28.0. The van der Waals surface area contributed by atoms with Crippen molar-refractivity contribution in [2.75, 3.05) is 12.4 Å². The van der Waals surface area contributed by atoms with E-state index in [0.29, 0.717) is 27.7 Å². The number of anilines is 1. The van der Waals surface area contributed by atoms with E-state index in [-0.39, 0.29) is 52.3 Å². The van der Waals surface area contributed by atoms with E-state index in [1.165, 1.54) is 31.4 Å². The van der Waals surface area contributed by atoms with E-state index in [0.717, 1.165) is 18.2 Å². The van der Waals surface area contributed by atoms with Gasteiger partial charge in [0.25, 0.3) is 0 Å². The molecule has 276 valence electrons. The Labute approximate surface area is 304 Å². The number of ether oxygens (including phenoxy) is 3. The second kappa shape index (κ2) is 14.9. The third kappa shape index (κ3) is 7.67. The maximum absolute atomic E-state index is 12.7. The number of hydrogen-bond acceptors (Lipinski definition) is 14. The number of imidazole rings is 1. The fraction of sp³-hybridized carbons (Fsp3) is 0.105. The Bertz CT molecular complexity index is 2370. The first-order valence-corrected chi connectivity index (χ1v) is 15.9. The number of aromatic hydroxyl groups is 7. The van der Waals surface area contributed by atoms with Gasteiger partial charge in [-0.3, -0.25) is 10.1 Å². The summed E-state index contributed by atoms with van der Waals surface area (Å²) in [7, 11) is 1.27. The number of amides is 1. The van der Waals surface area contributed by atoms with Crippen molar-refractivity contribution in [1.29, 1.82) is 0 Å². The van der Waals surface area contributed by atoms with Crippen molar-refractivity contribution in [3.63, 3.8) is 0 Å². The van der Waals surface area contributed by atoms with Gasteiger partial charge in [0, 0.05) is 40.8 Å². The first kappa shape index (κ1) is 36.2. The molecule has 0 spiro atoms. The van der Waals surface area contributed by atoms with Crippen LogP contribution in [0, 0.1) is 0 Å². The van der Waals surface area contributed by atoms with Crippen LogP contribution in [-0.4, -0.2) is 76.8 Å². The number of nitrogens with one attached hydrogen (secondary N) is 2. The number of fused-ring (bicyclic) bond motifs is 2. The van der Waals surface area contributed by atoms with E-state index in [2.05, 4.69) is 20.0 Å². The Morgan fingerprint density at radius 3 is 2.17 bits per heavy atom. The standard InChI is InChI=1S/C22H18O10.C16H13N3O3/c23-11-6-14(25)12-8-19(32-22(30)10-4-16(27)20(29)17(28)5-10)21(31-18(12)7-11)9-1-2-13(24)15(26)3-9;1-22-16(21)19-15-17-12-8-7-11(9-13(12)18-15)14(20)10-5-3-2-4-6-10/h1-7,19,21,23-29H,8H2;2-9H,1H3,(H2,17,18,19,21). The number of phenols is 7. The van der Waals surface area contributed by atoms with Gasteiger partial charge in [-0.1, -0.05) is 36.4 Å². The second-order valence-electron chi connectivity index (χ2n) is 11.9. The highest BCUT2D eigenvalue weighted by molar-refractivity contribution is 6.10. The largest absolute Gasteiger partial charge is 0.508 e. The molecule has 16 heteroatoms. The summed E-state index contributed by atoms with van der Waals surface area (Å²) in [4.78, 5) is 43.4. The number of esters is 1. The van der Waals surface area contributed by atoms with Crippen LogP contribution in [0.15, 0.2) is 91.0 Å². The summed E-state index contributed by atoms with van der Waals surface area (Å²) >= 11 is 0. The summed E-state index contributed by atoms with van der Waals surface area (Å²) in [6.07, 6.45) is -2.74. The quantitative estimate of drug-likeness (QED) is 0.0581. The summed E-state index contributed by atoms with van der Waals surface area (Å²) < 4.78 is 15.9. The molecule has 0 fully saturated rings. The average molecular weight is 738 g/mol. The lowest BCUT2D eigenvalue weighted by Gasteiger charge is -2.34. The van der Waals surface area contributed by atoms with Gasteiger partial charge < -0.3 is 54.9 Å². The lowest BCUT2D eigenvalue weighted by Crippen LogP contribution is -2.34. The molecule has 9 N–H and O–H groups in total. The zero-order valence-electron chi connectivity index (χ0n) is 28.0. The van der Waals surface area contributed by atoms with Gasteiger partial charge in [0.05, 0.1) is 23.7 Å². The molecule has 2 unspecified atom stereocenters. The third-order valence-electron chi connectivity index (χ3n) is 8.24. The molecule has 0 aliphatic carbocycles. The van der Waals surface area contributed by atoms with Gasteiger partial charge in [-0.2, -0.15) is 0 Å². The number of phenolic OH excluding ortho intramolecular Hbond substituents is 7. The molecular weight excluding hydrogens is 706 g/mol. The summed E-state index contributed by atoms with van der Waals surface area (Å²) in [5.74, 6) is -4.23. The highest BCUT2D eigenvalue weighted by atomic mass is 16.6. The summed E-state index contributed by atoms with van der Waals surface area (Å²) in [6, 6.07) is 22.2. The molecule has 1 aliphatic rings. The van der Waals surface area contributed by atoms with E-state index in [9.17, 15) is 50.1 Å². The van der Waals surface area contributed by atoms with Gasteiger partial charge in [-0.25, -0.2) is 14.6 Å². The van der Waals surface area contributed by atoms with Crippen molar-refractivity contribution in [2.45, 2.75) is 18.6 Å². The van der Waals surface area contributed by atoms with Crippen LogP contribution < -0.4 is 10.1 Å². The normalized spacial score (nSPS) is 14.5. The molecule has 2 heterocycles. The van der Waals surface area contributed by atoms with Crippen molar-refractivity contribution in [1.82, 2.24) is 9.97 Å². The number of aromatic nitrogens is 2. The van der Waals surface area contributed by atoms with Crippen molar-refractivity contribution >= 4 is 34.8 Å². The monoisotopic (exact) mass is 737 g/mol. The SMILES string of the molecule is COC(=O)Nc1nc2ccc(C(=O)c3ccccc3)cc2[nH]1.O=C(OC1Cc2c(O)cc(O)cc2OC1c1ccc(O)c(O)c1)c1cc(O)c(O)c(O)c1. The maximum Gasteiger partial charge on any atom is 0.413 e. The van der Waals surface area contributed by atoms with Gasteiger partial charge in [0.2, 0.25) is 5.95 Å². The van der Waals surface area contributed by atoms with Crippen LogP contribution >= 0.6 is 0 Å². The summed E-state index contributed by atoms with van der Waals surface area (Å²) in [6.45, 7) is 0. The smallest absolute Gasteiger partial charge is 0.413 e. The van der Waals surface area contributed by atoms with Crippen LogP contribution in [0.5, 0.6) is 46.0 Å². The minimum absolute atomic E-state index is 0.0461. The fourth-order valence-corrected chi connectivity index (χ4v) is 5.59. The number of benzene rings is 5. The van der Waals surface area contributed by atoms with Crippen molar-refractivity contribution < 1.29 is 64.3 Å². The van der Waals surface area contributed by atoms with Crippen LogP contribution in [0.25, 0.3) is 11.0 Å². The van der Waals surface area contributed by atoms with E-state index >= 15 is 0 Å². The first-order chi connectivity index (χ1) is 25.8. The molecule has 54 heavy (non-hydrogen) atoms. The van der Waals surface area contributed by atoms with Crippen LogP contribution in [0.2, 0.25) is 0 Å². The number of aromatic amines is 1. The van der Waals surface area contributed by atoms with Gasteiger partial charge in [0.1, 0.15) is 23.4 Å². The number of carbonyl (C=O) groups excluding carboxylic acids is 3. The molecule has 2 atom stereocenters. The molecule has 1 aromatic heterocycles. The lowest BCUT2D eigenvalue weighted by atomic mass is 9.93. The minimum Gasteiger partial charge on any atom is -0.508 e. The highest BCUT2D eigenvalue weighted by Crippen LogP contribution is 2.44. The topological polar surface area (TPSA) is 261 Å². The molecule has 0 saturated heterocycles. The molecule has 0 radical (unpaired) electrons. The molecule has 0 bridgehead atoms. The van der Waals surface area contributed by atoms with Gasteiger partial charge in [-0.15, -0.1) is 0 Å². The molecule has 16 nitrogen and oxygen atoms in total. The van der Waals surface area contributed by atoms with E-state index in [4.69, 9.17) is 9.47 Å². The van der Waals surface area contributed by atoms with E-state index in [1.54, 1.807) is 30.3 Å². The average Bonchev–Trinajstić information content (AvgIpc) is 3.56. The van der Waals surface area contributed by atoms with Crippen molar-refractivity contribution in [3.05, 3.63) is 119 Å². The number of nitrogens with zero attached hydrogens (tertiary/aromatic N) is 1. The first-order valence-electron chi connectivity index (χ1n) is 15.9. The molecule has 6 aromatic rings. The van der Waals surface area contributed by atoms with Crippen LogP contribution in [-0.2, 0) is 15.9 Å². The highest BCUT2D eigenvalue weighted by Gasteiger charge is 2.37. The van der Waals surface area contributed by atoms with E-state index < -0.39 is 47.3 Å². The van der Waals surface area contributed by atoms with Crippen LogP contribution in [0.4, 0.5) is 10.7 Å². The third-order valence-corrected chi connectivity index (χ3v) is 8.24. The van der Waals surface area contributed by atoms with Crippen molar-refractivity contribution in [2.24, 2.45) is 0 Å². The lowest BCUT2D eigenvalue weighted by molar-refractivity contribution is -0.0189. The summed E-state index contributed by atoms with van der Waals surface area (Å²) in [5.41, 5.74) is 2.80. The Kier molecular flexibility index (Phi) is 10.0. The molecular formula is C38H31N3O13. The number of hydrogen-bond donors (Lipinski definition) is 9. The number of H-pyrrole nitrogens is 1. The number of carbonyl (C=O) groups is 3. The second-order valence-corrected chi connectivity index (χ2v) is 11.9. The van der Waals surface area contributed by atoms with Gasteiger partial charge in [0.15, 0.2) is 40.6 Å². The predicted molar refractivity (Wildman–Crippen MR) is 189 cm³/mol. The molecule has 1 amide bonds. The fourth-order valence-electron chi connectivity index (χ4n) is 5.59. The maximum atomic E-state index is 12.7. The summed E-state index contributed by atoms with van der Waals surface area (Å²) in [5, 5.41) is 70.7. The Morgan fingerprint density at radius 1 is 0.759 bits per heavy atom. The Hall–Kier alpha value is -7.62. The van der Waals surface area contributed by atoms with Gasteiger partial charge >= 0.3 is 12.1 Å². The molecule has 7 rings (SSSR count).